The second-order valence-corrected chi connectivity index (χ2v) is 6.34. The van der Waals surface area contributed by atoms with Gasteiger partial charge < -0.3 is 19.9 Å². The Hall–Kier alpha value is -1.40. The van der Waals surface area contributed by atoms with Gasteiger partial charge in [-0.2, -0.15) is 4.98 Å². The average molecular weight is 305 g/mol. The van der Waals surface area contributed by atoms with Crippen LogP contribution < -0.4 is 10.2 Å². The van der Waals surface area contributed by atoms with Crippen LogP contribution >= 0.6 is 0 Å². The van der Waals surface area contributed by atoms with E-state index >= 15 is 0 Å². The molecule has 0 bridgehead atoms. The molecule has 2 saturated heterocycles. The van der Waals surface area contributed by atoms with Gasteiger partial charge in [0, 0.05) is 45.0 Å². The van der Waals surface area contributed by atoms with Gasteiger partial charge in [0.15, 0.2) is 0 Å². The molecule has 2 aliphatic heterocycles. The van der Waals surface area contributed by atoms with Crippen LogP contribution in [0.1, 0.15) is 25.5 Å². The summed E-state index contributed by atoms with van der Waals surface area (Å²) >= 11 is 0. The molecule has 1 aromatic heterocycles. The Bertz CT molecular complexity index is 503. The fourth-order valence-electron chi connectivity index (χ4n) is 3.33. The molecule has 1 N–H and O–H groups in total. The Labute approximate surface area is 132 Å². The molecule has 0 saturated carbocycles. The Balaban J connectivity index is 1.78. The van der Waals surface area contributed by atoms with Crippen LogP contribution in [0.3, 0.4) is 0 Å². The standard InChI is InChI=1S/C16H27N5O/c1-4-12-9-15(18-13-10-20(2)11-14(13)22-3)19-16(17-12)21-7-5-6-8-21/h9,13-14H,4-8,10-11H2,1-3H3,(H,17,18,19)/t13-,14-/m0/s1. The Morgan fingerprint density at radius 1 is 1.27 bits per heavy atom. The van der Waals surface area contributed by atoms with Crippen molar-refractivity contribution < 1.29 is 4.74 Å². The highest BCUT2D eigenvalue weighted by molar-refractivity contribution is 5.45. The van der Waals surface area contributed by atoms with Crippen molar-refractivity contribution in [3.8, 4) is 0 Å². The Morgan fingerprint density at radius 2 is 2.05 bits per heavy atom. The summed E-state index contributed by atoms with van der Waals surface area (Å²) in [5, 5.41) is 3.57. The molecule has 2 atom stereocenters. The maximum atomic E-state index is 5.59. The lowest BCUT2D eigenvalue weighted by Gasteiger charge is -2.21. The number of likely N-dealkylation sites (tertiary alicyclic amines) is 1. The number of aryl methyl sites for hydroxylation is 1. The maximum absolute atomic E-state index is 5.59. The summed E-state index contributed by atoms with van der Waals surface area (Å²) in [5.74, 6) is 1.80. The summed E-state index contributed by atoms with van der Waals surface area (Å²) in [6.07, 6.45) is 3.61. The highest BCUT2D eigenvalue weighted by atomic mass is 16.5. The van der Waals surface area contributed by atoms with Gasteiger partial charge in [-0.15, -0.1) is 0 Å². The minimum Gasteiger partial charge on any atom is -0.378 e. The number of aromatic nitrogens is 2. The Kier molecular flexibility index (Phi) is 4.78. The van der Waals surface area contributed by atoms with Crippen LogP contribution in [0.5, 0.6) is 0 Å². The van der Waals surface area contributed by atoms with Crippen molar-refractivity contribution >= 4 is 11.8 Å². The third-order valence-electron chi connectivity index (χ3n) is 4.60. The molecule has 6 heteroatoms. The zero-order chi connectivity index (χ0) is 15.5. The summed E-state index contributed by atoms with van der Waals surface area (Å²) < 4.78 is 5.59. The zero-order valence-corrected chi connectivity index (χ0v) is 13.9. The van der Waals surface area contributed by atoms with E-state index in [1.165, 1.54) is 12.8 Å². The second-order valence-electron chi connectivity index (χ2n) is 6.34. The molecular weight excluding hydrogens is 278 g/mol. The molecule has 6 nitrogen and oxygen atoms in total. The number of hydrogen-bond acceptors (Lipinski definition) is 6. The largest absolute Gasteiger partial charge is 0.378 e. The second kappa shape index (κ2) is 6.79. The van der Waals surface area contributed by atoms with Gasteiger partial charge in [-0.25, -0.2) is 4.98 Å². The van der Waals surface area contributed by atoms with E-state index in [1.54, 1.807) is 7.11 Å². The van der Waals surface area contributed by atoms with E-state index in [0.29, 0.717) is 0 Å². The summed E-state index contributed by atoms with van der Waals surface area (Å²) in [5.41, 5.74) is 1.10. The van der Waals surface area contributed by atoms with Crippen molar-refractivity contribution in [1.82, 2.24) is 14.9 Å². The molecule has 3 rings (SSSR count). The predicted molar refractivity (Wildman–Crippen MR) is 88.6 cm³/mol. The SMILES string of the molecule is CCc1cc(N[C@H]2CN(C)C[C@@H]2OC)nc(N2CCCC2)n1. The van der Waals surface area contributed by atoms with E-state index in [9.17, 15) is 0 Å². The van der Waals surface area contributed by atoms with Crippen LogP contribution in [0.2, 0.25) is 0 Å². The normalized spacial score (nSPS) is 25.9. The number of ether oxygens (including phenoxy) is 1. The van der Waals surface area contributed by atoms with Gasteiger partial charge in [-0.1, -0.05) is 6.92 Å². The minimum absolute atomic E-state index is 0.209. The molecule has 0 aromatic carbocycles. The van der Waals surface area contributed by atoms with Crippen molar-refractivity contribution in [2.24, 2.45) is 0 Å². The maximum Gasteiger partial charge on any atom is 0.227 e. The summed E-state index contributed by atoms with van der Waals surface area (Å²) in [4.78, 5) is 14.0. The number of nitrogens with zero attached hydrogens (tertiary/aromatic N) is 4. The highest BCUT2D eigenvalue weighted by Gasteiger charge is 2.31. The monoisotopic (exact) mass is 305 g/mol. The predicted octanol–water partition coefficient (Wildman–Crippen LogP) is 1.38. The van der Waals surface area contributed by atoms with Gasteiger partial charge >= 0.3 is 0 Å². The van der Waals surface area contributed by atoms with E-state index in [0.717, 1.165) is 50.1 Å². The Morgan fingerprint density at radius 3 is 2.73 bits per heavy atom. The van der Waals surface area contributed by atoms with Crippen molar-refractivity contribution in [2.75, 3.05) is 50.6 Å². The molecule has 0 spiro atoms. The van der Waals surface area contributed by atoms with Crippen LogP contribution in [0.15, 0.2) is 6.07 Å². The van der Waals surface area contributed by atoms with Crippen molar-refractivity contribution in [1.29, 1.82) is 0 Å². The first-order valence-electron chi connectivity index (χ1n) is 8.30. The molecule has 0 radical (unpaired) electrons. The first-order valence-corrected chi connectivity index (χ1v) is 8.30. The minimum atomic E-state index is 0.209. The van der Waals surface area contributed by atoms with E-state index in [-0.39, 0.29) is 12.1 Å². The molecule has 2 aliphatic rings. The van der Waals surface area contributed by atoms with Gasteiger partial charge in [0.05, 0.1) is 12.1 Å². The third kappa shape index (κ3) is 3.33. The van der Waals surface area contributed by atoms with Gasteiger partial charge in [-0.05, 0) is 26.3 Å². The van der Waals surface area contributed by atoms with Crippen LogP contribution in [0, 0.1) is 0 Å². The van der Waals surface area contributed by atoms with Crippen LogP contribution in [-0.2, 0) is 11.2 Å². The molecule has 122 valence electrons. The molecule has 0 unspecified atom stereocenters. The van der Waals surface area contributed by atoms with Crippen molar-refractivity contribution in [3.05, 3.63) is 11.8 Å². The average Bonchev–Trinajstić information content (AvgIpc) is 3.16. The number of likely N-dealkylation sites (N-methyl/N-ethyl adjacent to an activating group) is 1. The quantitative estimate of drug-likeness (QED) is 0.887. The topological polar surface area (TPSA) is 53.5 Å². The van der Waals surface area contributed by atoms with E-state index in [1.807, 2.05) is 0 Å². The van der Waals surface area contributed by atoms with Gasteiger partial charge in [0.25, 0.3) is 0 Å². The molecular formula is C16H27N5O. The summed E-state index contributed by atoms with van der Waals surface area (Å²) in [6, 6.07) is 2.35. The fraction of sp³-hybridized carbons (Fsp3) is 0.750. The lowest BCUT2D eigenvalue weighted by molar-refractivity contribution is 0.104. The highest BCUT2D eigenvalue weighted by Crippen LogP contribution is 2.21. The van der Waals surface area contributed by atoms with Crippen molar-refractivity contribution in [3.63, 3.8) is 0 Å². The van der Waals surface area contributed by atoms with Crippen LogP contribution in [-0.4, -0.2) is 67.4 Å². The molecule has 22 heavy (non-hydrogen) atoms. The van der Waals surface area contributed by atoms with Crippen molar-refractivity contribution in [2.45, 2.75) is 38.3 Å². The van der Waals surface area contributed by atoms with Gasteiger partial charge in [-0.3, -0.25) is 0 Å². The first-order chi connectivity index (χ1) is 10.7. The van der Waals surface area contributed by atoms with Crippen LogP contribution in [0.25, 0.3) is 0 Å². The molecule has 3 heterocycles. The molecule has 0 aliphatic carbocycles. The van der Waals surface area contributed by atoms with Gasteiger partial charge in [0.1, 0.15) is 5.82 Å². The van der Waals surface area contributed by atoms with E-state index < -0.39 is 0 Å². The van der Waals surface area contributed by atoms with E-state index in [2.05, 4.69) is 35.2 Å². The fourth-order valence-corrected chi connectivity index (χ4v) is 3.33. The number of rotatable bonds is 5. The lowest BCUT2D eigenvalue weighted by Crippen LogP contribution is -2.34. The van der Waals surface area contributed by atoms with Crippen LogP contribution in [0.4, 0.5) is 11.8 Å². The number of hydrogen-bond donors (Lipinski definition) is 1. The lowest BCUT2D eigenvalue weighted by atomic mass is 10.2. The number of methoxy groups -OCH3 is 1. The number of anilines is 2. The first kappa shape index (κ1) is 15.5. The molecule has 2 fully saturated rings. The van der Waals surface area contributed by atoms with Gasteiger partial charge in [0.2, 0.25) is 5.95 Å². The zero-order valence-electron chi connectivity index (χ0n) is 13.9. The number of nitrogens with one attached hydrogen (secondary N) is 1. The van der Waals surface area contributed by atoms with E-state index in [4.69, 9.17) is 14.7 Å². The smallest absolute Gasteiger partial charge is 0.227 e. The summed E-state index contributed by atoms with van der Waals surface area (Å²) in [7, 11) is 3.91. The molecule has 0 amide bonds. The molecule has 1 aromatic rings. The third-order valence-corrected chi connectivity index (χ3v) is 4.60. The summed E-state index contributed by atoms with van der Waals surface area (Å²) in [6.45, 7) is 6.21.